The van der Waals surface area contributed by atoms with Gasteiger partial charge in [-0.2, -0.15) is 0 Å². The molecular formula is C22H25N3O5S. The molecule has 1 heterocycles. The molecule has 0 radical (unpaired) electrons. The van der Waals surface area contributed by atoms with E-state index in [-0.39, 0.29) is 5.78 Å². The number of aromatic nitrogens is 1. The summed E-state index contributed by atoms with van der Waals surface area (Å²) >= 11 is 0.947. The molecule has 0 amide bonds. The van der Waals surface area contributed by atoms with E-state index in [1.54, 1.807) is 30.6 Å². The number of hydrogen-bond donors (Lipinski definition) is 2. The standard InChI is InChI=1S/C22H25N3O5S/c1-5-29-17-8-7-14-15(20(17)25-31-23)11-24-12-16(14)21(26)13-9-18(27-3)22(30-6-2)19(10-13)28-4/h7-12,25H,5-6,23H2,1-4H3. The molecule has 3 aromatic rings. The van der Waals surface area contributed by atoms with Crippen LogP contribution in [-0.2, 0) is 0 Å². The normalized spacial score (nSPS) is 10.6. The number of carbonyl (C=O) groups is 1. The van der Waals surface area contributed by atoms with E-state index in [0.29, 0.717) is 58.4 Å². The molecule has 0 spiro atoms. The largest absolute Gasteiger partial charge is 0.493 e. The molecular weight excluding hydrogens is 418 g/mol. The quantitative estimate of drug-likeness (QED) is 0.352. The van der Waals surface area contributed by atoms with Gasteiger partial charge in [-0.05, 0) is 43.5 Å². The Morgan fingerprint density at radius 2 is 1.68 bits per heavy atom. The van der Waals surface area contributed by atoms with Gasteiger partial charge in [0.15, 0.2) is 17.3 Å². The molecule has 3 rings (SSSR count). The van der Waals surface area contributed by atoms with Crippen molar-refractivity contribution in [1.29, 1.82) is 0 Å². The minimum absolute atomic E-state index is 0.228. The Morgan fingerprint density at radius 1 is 1.00 bits per heavy atom. The molecule has 0 saturated heterocycles. The van der Waals surface area contributed by atoms with Gasteiger partial charge in [-0.3, -0.25) is 14.9 Å². The Balaban J connectivity index is 2.16. The third-order valence-electron chi connectivity index (χ3n) is 4.62. The Hall–Kier alpha value is -3.17. The molecule has 31 heavy (non-hydrogen) atoms. The zero-order chi connectivity index (χ0) is 22.4. The Morgan fingerprint density at radius 3 is 2.26 bits per heavy atom. The van der Waals surface area contributed by atoms with Crippen LogP contribution in [0.2, 0.25) is 0 Å². The van der Waals surface area contributed by atoms with Crippen molar-refractivity contribution >= 4 is 34.4 Å². The maximum Gasteiger partial charge on any atom is 0.203 e. The van der Waals surface area contributed by atoms with Crippen LogP contribution in [0.15, 0.2) is 36.7 Å². The lowest BCUT2D eigenvalue weighted by Crippen LogP contribution is -2.07. The average Bonchev–Trinajstić information content (AvgIpc) is 2.80. The number of nitrogens with one attached hydrogen (secondary N) is 1. The molecule has 0 unspecified atom stereocenters. The first-order valence-electron chi connectivity index (χ1n) is 9.68. The lowest BCUT2D eigenvalue weighted by molar-refractivity contribution is 0.103. The number of nitrogens with zero attached hydrogens (tertiary/aromatic N) is 1. The van der Waals surface area contributed by atoms with Crippen LogP contribution >= 0.6 is 12.1 Å². The number of benzene rings is 2. The number of carbonyl (C=O) groups excluding carboxylic acids is 1. The highest BCUT2D eigenvalue weighted by atomic mass is 32.2. The van der Waals surface area contributed by atoms with Crippen molar-refractivity contribution in [2.45, 2.75) is 13.8 Å². The second-order valence-electron chi connectivity index (χ2n) is 6.35. The highest BCUT2D eigenvalue weighted by molar-refractivity contribution is 7.98. The summed E-state index contributed by atoms with van der Waals surface area (Å²) in [4.78, 5) is 17.8. The smallest absolute Gasteiger partial charge is 0.203 e. The Bertz CT molecular complexity index is 1070. The number of anilines is 1. The zero-order valence-electron chi connectivity index (χ0n) is 17.9. The number of methoxy groups -OCH3 is 2. The number of ether oxygens (including phenoxy) is 4. The molecule has 0 fully saturated rings. The Kier molecular flexibility index (Phi) is 7.43. The number of ketones is 1. The number of rotatable bonds is 10. The minimum Gasteiger partial charge on any atom is -0.493 e. The second-order valence-corrected chi connectivity index (χ2v) is 6.79. The monoisotopic (exact) mass is 443 g/mol. The van der Waals surface area contributed by atoms with E-state index >= 15 is 0 Å². The van der Waals surface area contributed by atoms with E-state index in [1.165, 1.54) is 14.2 Å². The van der Waals surface area contributed by atoms with Gasteiger partial charge in [-0.1, -0.05) is 0 Å². The Labute approximate surface area is 185 Å². The van der Waals surface area contributed by atoms with Crippen LogP contribution in [0.1, 0.15) is 29.8 Å². The first-order valence-corrected chi connectivity index (χ1v) is 10.6. The van der Waals surface area contributed by atoms with Gasteiger partial charge >= 0.3 is 0 Å². The molecule has 0 aliphatic rings. The van der Waals surface area contributed by atoms with Gasteiger partial charge in [-0.25, -0.2) is 0 Å². The molecule has 3 N–H and O–H groups in total. The molecule has 9 heteroatoms. The highest BCUT2D eigenvalue weighted by Gasteiger charge is 2.21. The van der Waals surface area contributed by atoms with Gasteiger partial charge in [0.2, 0.25) is 5.75 Å². The van der Waals surface area contributed by atoms with E-state index in [0.717, 1.165) is 17.5 Å². The van der Waals surface area contributed by atoms with Gasteiger partial charge in [0.05, 0.1) is 33.1 Å². The summed E-state index contributed by atoms with van der Waals surface area (Å²) in [6.45, 7) is 4.69. The van der Waals surface area contributed by atoms with Crippen molar-refractivity contribution in [3.8, 4) is 23.0 Å². The van der Waals surface area contributed by atoms with Crippen LogP contribution in [0.25, 0.3) is 10.8 Å². The molecule has 8 nitrogen and oxygen atoms in total. The maximum absolute atomic E-state index is 13.5. The molecule has 0 saturated carbocycles. The number of nitrogens with two attached hydrogens (primary N) is 1. The van der Waals surface area contributed by atoms with E-state index in [4.69, 9.17) is 24.1 Å². The topological polar surface area (TPSA) is 105 Å². The second kappa shape index (κ2) is 10.2. The van der Waals surface area contributed by atoms with Crippen LogP contribution in [-0.4, -0.2) is 38.2 Å². The third kappa shape index (κ3) is 4.47. The molecule has 1 aromatic heterocycles. The van der Waals surface area contributed by atoms with E-state index in [2.05, 4.69) is 9.71 Å². The summed E-state index contributed by atoms with van der Waals surface area (Å²) in [7, 11) is 3.03. The van der Waals surface area contributed by atoms with Crippen molar-refractivity contribution in [2.75, 3.05) is 32.2 Å². The molecule has 0 bridgehead atoms. The average molecular weight is 444 g/mol. The van der Waals surface area contributed by atoms with Crippen LogP contribution in [0, 0.1) is 0 Å². The fourth-order valence-corrected chi connectivity index (χ4v) is 3.63. The van der Waals surface area contributed by atoms with Crippen molar-refractivity contribution in [1.82, 2.24) is 4.98 Å². The van der Waals surface area contributed by atoms with Gasteiger partial charge in [0.25, 0.3) is 0 Å². The lowest BCUT2D eigenvalue weighted by Gasteiger charge is -2.16. The van der Waals surface area contributed by atoms with E-state index in [9.17, 15) is 4.79 Å². The number of pyridine rings is 1. The van der Waals surface area contributed by atoms with Crippen molar-refractivity contribution in [2.24, 2.45) is 5.14 Å². The van der Waals surface area contributed by atoms with Crippen LogP contribution in [0.5, 0.6) is 23.0 Å². The summed E-state index contributed by atoms with van der Waals surface area (Å²) in [5, 5.41) is 7.07. The van der Waals surface area contributed by atoms with E-state index in [1.807, 2.05) is 19.9 Å². The zero-order valence-corrected chi connectivity index (χ0v) is 18.7. The third-order valence-corrected chi connectivity index (χ3v) is 4.94. The van der Waals surface area contributed by atoms with Crippen molar-refractivity contribution in [3.63, 3.8) is 0 Å². The molecule has 2 aromatic carbocycles. The van der Waals surface area contributed by atoms with Crippen LogP contribution in [0.3, 0.4) is 0 Å². The van der Waals surface area contributed by atoms with Crippen molar-refractivity contribution < 1.29 is 23.7 Å². The molecule has 0 aliphatic carbocycles. The summed E-state index contributed by atoms with van der Waals surface area (Å²) in [6, 6.07) is 6.92. The summed E-state index contributed by atoms with van der Waals surface area (Å²) in [5.41, 5.74) is 1.48. The molecule has 0 atom stereocenters. The first kappa shape index (κ1) is 22.5. The van der Waals surface area contributed by atoms with Crippen molar-refractivity contribution in [3.05, 3.63) is 47.8 Å². The predicted molar refractivity (Wildman–Crippen MR) is 122 cm³/mol. The van der Waals surface area contributed by atoms with Gasteiger partial charge in [-0.15, -0.1) is 0 Å². The van der Waals surface area contributed by atoms with E-state index < -0.39 is 0 Å². The van der Waals surface area contributed by atoms with Crippen LogP contribution in [0.4, 0.5) is 5.69 Å². The SMILES string of the molecule is CCOc1ccc2c(C(=O)c3cc(OC)c(OCC)c(OC)c3)cncc2c1NSN. The predicted octanol–water partition coefficient (Wildman–Crippen LogP) is 4.21. The van der Waals surface area contributed by atoms with Gasteiger partial charge in [0.1, 0.15) is 5.75 Å². The lowest BCUT2D eigenvalue weighted by atomic mass is 9.98. The minimum atomic E-state index is -0.228. The number of fused-ring (bicyclic) bond motifs is 1. The first-order chi connectivity index (χ1) is 15.1. The highest BCUT2D eigenvalue weighted by Crippen LogP contribution is 2.40. The summed E-state index contributed by atoms with van der Waals surface area (Å²) < 4.78 is 25.2. The van der Waals surface area contributed by atoms with Crippen LogP contribution < -0.4 is 28.8 Å². The fourth-order valence-electron chi connectivity index (χ4n) is 3.30. The summed E-state index contributed by atoms with van der Waals surface area (Å²) in [6.07, 6.45) is 3.21. The number of hydrogen-bond acceptors (Lipinski definition) is 9. The maximum atomic E-state index is 13.5. The fraction of sp³-hybridized carbons (Fsp3) is 0.273. The molecule has 0 aliphatic heterocycles. The molecule has 164 valence electrons. The van der Waals surface area contributed by atoms with Gasteiger partial charge < -0.3 is 23.7 Å². The summed E-state index contributed by atoms with van der Waals surface area (Å²) in [5.74, 6) is 1.68. The van der Waals surface area contributed by atoms with Gasteiger partial charge in [0, 0.05) is 41.0 Å².